The number of fused-ring (bicyclic) bond motifs is 1. The number of benzene rings is 2. The number of nitrogens with zero attached hydrogens (tertiary/aromatic N) is 1. The van der Waals surface area contributed by atoms with E-state index in [1.165, 1.54) is 5.56 Å². The molecule has 2 heterocycles. The van der Waals surface area contributed by atoms with Gasteiger partial charge in [0.05, 0.1) is 30.1 Å². The van der Waals surface area contributed by atoms with Crippen LogP contribution in [0.3, 0.4) is 0 Å². The SMILES string of the molecule is O=C(C[C@H]1C=C[C@@H](NS(=O)(=O)c2ccc(F)cc2)[C@@H](CO)O1)N1CCc2ccccc2C1. The maximum atomic E-state index is 13.1. The molecule has 0 unspecified atom stereocenters. The minimum atomic E-state index is -3.94. The van der Waals surface area contributed by atoms with E-state index in [9.17, 15) is 22.7 Å². The average Bonchev–Trinajstić information content (AvgIpc) is 2.79. The zero-order valence-corrected chi connectivity index (χ0v) is 18.2. The Morgan fingerprint density at radius 2 is 1.84 bits per heavy atom. The van der Waals surface area contributed by atoms with Crippen molar-refractivity contribution in [3.8, 4) is 0 Å². The number of amides is 1. The van der Waals surface area contributed by atoms with Crippen molar-refractivity contribution < 1.29 is 27.4 Å². The Morgan fingerprint density at radius 3 is 2.56 bits per heavy atom. The fourth-order valence-electron chi connectivity index (χ4n) is 3.98. The molecule has 0 aliphatic carbocycles. The summed E-state index contributed by atoms with van der Waals surface area (Å²) in [6.45, 7) is 0.757. The number of hydrogen-bond donors (Lipinski definition) is 2. The standard InChI is InChI=1S/C23H25FN2O5S/c24-18-5-8-20(9-6-18)32(29,30)25-21-10-7-19(31-22(21)15-27)13-23(28)26-12-11-16-3-1-2-4-17(16)14-26/h1-10,19,21-22,25,27H,11-15H2/t19-,21-,22-/m1/s1. The summed E-state index contributed by atoms with van der Waals surface area (Å²) in [4.78, 5) is 14.5. The molecule has 2 aliphatic rings. The summed E-state index contributed by atoms with van der Waals surface area (Å²) in [5.41, 5.74) is 2.39. The second-order valence-electron chi connectivity index (χ2n) is 7.92. The molecule has 0 aromatic heterocycles. The first-order valence-corrected chi connectivity index (χ1v) is 11.9. The van der Waals surface area contributed by atoms with Crippen molar-refractivity contribution in [1.82, 2.24) is 9.62 Å². The Bertz CT molecular complexity index is 1100. The van der Waals surface area contributed by atoms with E-state index in [-0.39, 0.29) is 17.2 Å². The van der Waals surface area contributed by atoms with Gasteiger partial charge in [-0.15, -0.1) is 0 Å². The Labute approximate surface area is 186 Å². The van der Waals surface area contributed by atoms with Crippen LogP contribution in [0.25, 0.3) is 0 Å². The zero-order chi connectivity index (χ0) is 22.7. The van der Waals surface area contributed by atoms with Crippen molar-refractivity contribution in [2.45, 2.75) is 42.5 Å². The first kappa shape index (κ1) is 22.6. The molecule has 2 N–H and O–H groups in total. The number of nitrogens with one attached hydrogen (secondary N) is 1. The highest BCUT2D eigenvalue weighted by atomic mass is 32.2. The van der Waals surface area contributed by atoms with Crippen molar-refractivity contribution in [3.63, 3.8) is 0 Å². The predicted molar refractivity (Wildman–Crippen MR) is 116 cm³/mol. The van der Waals surface area contributed by atoms with E-state index in [0.29, 0.717) is 13.1 Å². The molecule has 0 bridgehead atoms. The third kappa shape index (κ3) is 5.07. The number of aliphatic hydroxyl groups excluding tert-OH is 1. The summed E-state index contributed by atoms with van der Waals surface area (Å²) in [6.07, 6.45) is 2.72. The van der Waals surface area contributed by atoms with E-state index in [1.54, 1.807) is 17.1 Å². The lowest BCUT2D eigenvalue weighted by Crippen LogP contribution is -2.49. The van der Waals surface area contributed by atoms with Gasteiger partial charge in [-0.25, -0.2) is 17.5 Å². The molecule has 7 nitrogen and oxygen atoms in total. The van der Waals surface area contributed by atoms with Gasteiger partial charge in [0, 0.05) is 13.1 Å². The topological polar surface area (TPSA) is 95.9 Å². The summed E-state index contributed by atoms with van der Waals surface area (Å²) in [6, 6.07) is 11.7. The molecule has 0 radical (unpaired) electrons. The molecule has 4 rings (SSSR count). The maximum absolute atomic E-state index is 13.1. The van der Waals surface area contributed by atoms with Crippen molar-refractivity contribution in [3.05, 3.63) is 77.6 Å². The van der Waals surface area contributed by atoms with Gasteiger partial charge in [-0.3, -0.25) is 4.79 Å². The fourth-order valence-corrected chi connectivity index (χ4v) is 5.20. The van der Waals surface area contributed by atoms with Crippen LogP contribution in [0.15, 0.2) is 65.6 Å². The van der Waals surface area contributed by atoms with Crippen LogP contribution in [-0.2, 0) is 32.5 Å². The molecule has 9 heteroatoms. The fraction of sp³-hybridized carbons (Fsp3) is 0.348. The number of ether oxygens (including phenoxy) is 1. The van der Waals surface area contributed by atoms with E-state index >= 15 is 0 Å². The highest BCUT2D eigenvalue weighted by molar-refractivity contribution is 7.89. The number of sulfonamides is 1. The van der Waals surface area contributed by atoms with Crippen molar-refractivity contribution in [1.29, 1.82) is 0 Å². The summed E-state index contributed by atoms with van der Waals surface area (Å²) >= 11 is 0. The van der Waals surface area contributed by atoms with E-state index in [4.69, 9.17) is 4.74 Å². The molecular formula is C23H25FN2O5S. The van der Waals surface area contributed by atoms with Crippen LogP contribution in [0.2, 0.25) is 0 Å². The van der Waals surface area contributed by atoms with Crippen LogP contribution in [-0.4, -0.2) is 55.7 Å². The van der Waals surface area contributed by atoms with E-state index < -0.39 is 40.7 Å². The Balaban J connectivity index is 1.39. The lowest BCUT2D eigenvalue weighted by molar-refractivity contribution is -0.136. The lowest BCUT2D eigenvalue weighted by atomic mass is 9.99. The highest BCUT2D eigenvalue weighted by Gasteiger charge is 2.32. The van der Waals surface area contributed by atoms with E-state index in [2.05, 4.69) is 10.8 Å². The Kier molecular flexibility index (Phi) is 6.71. The molecule has 2 aliphatic heterocycles. The Morgan fingerprint density at radius 1 is 1.12 bits per heavy atom. The third-order valence-electron chi connectivity index (χ3n) is 5.74. The monoisotopic (exact) mass is 460 g/mol. The molecule has 32 heavy (non-hydrogen) atoms. The van der Waals surface area contributed by atoms with Gasteiger partial charge in [-0.05, 0) is 41.8 Å². The normalized spacial score (nSPS) is 23.1. The van der Waals surface area contributed by atoms with Gasteiger partial charge < -0.3 is 14.7 Å². The van der Waals surface area contributed by atoms with Crippen molar-refractivity contribution >= 4 is 15.9 Å². The molecule has 3 atom stereocenters. The molecular weight excluding hydrogens is 435 g/mol. The third-order valence-corrected chi connectivity index (χ3v) is 7.21. The van der Waals surface area contributed by atoms with Gasteiger partial charge in [0.25, 0.3) is 0 Å². The van der Waals surface area contributed by atoms with E-state index in [0.717, 1.165) is 36.2 Å². The Hall–Kier alpha value is -2.59. The van der Waals surface area contributed by atoms with Gasteiger partial charge in [-0.2, -0.15) is 0 Å². The van der Waals surface area contributed by atoms with Crippen LogP contribution in [0.5, 0.6) is 0 Å². The second-order valence-corrected chi connectivity index (χ2v) is 9.63. The molecule has 170 valence electrons. The molecule has 0 spiro atoms. The summed E-state index contributed by atoms with van der Waals surface area (Å²) in [7, 11) is -3.94. The van der Waals surface area contributed by atoms with Crippen LogP contribution in [0.1, 0.15) is 17.5 Å². The number of hydrogen-bond acceptors (Lipinski definition) is 5. The van der Waals surface area contributed by atoms with Crippen LogP contribution in [0, 0.1) is 5.82 Å². The number of aliphatic hydroxyl groups is 1. The zero-order valence-electron chi connectivity index (χ0n) is 17.4. The van der Waals surface area contributed by atoms with Gasteiger partial charge in [-0.1, -0.05) is 36.4 Å². The summed E-state index contributed by atoms with van der Waals surface area (Å²) in [5, 5.41) is 9.74. The van der Waals surface area contributed by atoms with Gasteiger partial charge in [0.2, 0.25) is 15.9 Å². The summed E-state index contributed by atoms with van der Waals surface area (Å²) in [5.74, 6) is -0.598. The number of carbonyl (C=O) groups is 1. The predicted octanol–water partition coefficient (Wildman–Crippen LogP) is 1.76. The highest BCUT2D eigenvalue weighted by Crippen LogP contribution is 2.22. The summed E-state index contributed by atoms with van der Waals surface area (Å²) < 4.78 is 46.5. The number of rotatable bonds is 6. The largest absolute Gasteiger partial charge is 0.394 e. The van der Waals surface area contributed by atoms with Crippen LogP contribution in [0.4, 0.5) is 4.39 Å². The lowest BCUT2D eigenvalue weighted by Gasteiger charge is -2.33. The molecule has 0 fully saturated rings. The van der Waals surface area contributed by atoms with Crippen molar-refractivity contribution in [2.24, 2.45) is 0 Å². The number of halogens is 1. The first-order chi connectivity index (χ1) is 15.4. The van der Waals surface area contributed by atoms with Crippen LogP contribution < -0.4 is 4.72 Å². The van der Waals surface area contributed by atoms with E-state index in [1.807, 2.05) is 18.2 Å². The van der Waals surface area contributed by atoms with Crippen molar-refractivity contribution in [2.75, 3.05) is 13.2 Å². The second kappa shape index (κ2) is 9.50. The maximum Gasteiger partial charge on any atom is 0.241 e. The average molecular weight is 461 g/mol. The minimum Gasteiger partial charge on any atom is -0.394 e. The first-order valence-electron chi connectivity index (χ1n) is 10.4. The molecule has 2 aromatic carbocycles. The van der Waals surface area contributed by atoms with Crippen LogP contribution >= 0.6 is 0 Å². The molecule has 0 saturated carbocycles. The van der Waals surface area contributed by atoms with Gasteiger partial charge in [0.15, 0.2) is 0 Å². The smallest absolute Gasteiger partial charge is 0.241 e. The molecule has 0 saturated heterocycles. The quantitative estimate of drug-likeness (QED) is 0.641. The van der Waals surface area contributed by atoms with Gasteiger partial charge in [0.1, 0.15) is 11.9 Å². The molecule has 2 aromatic rings. The molecule has 1 amide bonds. The minimum absolute atomic E-state index is 0.0591. The number of carbonyl (C=O) groups excluding carboxylic acids is 1. The van der Waals surface area contributed by atoms with Gasteiger partial charge >= 0.3 is 0 Å².